The van der Waals surface area contributed by atoms with Crippen molar-refractivity contribution >= 4 is 21.7 Å². The molecule has 1 heterocycles. The monoisotopic (exact) mass is 303 g/mol. The number of carbonyl (C=O) groups is 1. The van der Waals surface area contributed by atoms with E-state index in [9.17, 15) is 4.79 Å². The first-order valence-corrected chi connectivity index (χ1v) is 6.63. The summed E-state index contributed by atoms with van der Waals surface area (Å²) in [6, 6.07) is 11.3. The Morgan fingerprint density at radius 2 is 1.78 bits per heavy atom. The minimum absolute atomic E-state index is 0.0437. The molecule has 2 nitrogen and oxygen atoms in total. The molecule has 0 saturated carbocycles. The minimum Gasteiger partial charge on any atom is -0.287 e. The van der Waals surface area contributed by atoms with Gasteiger partial charge in [-0.1, -0.05) is 38.1 Å². The molecule has 0 aliphatic heterocycles. The van der Waals surface area contributed by atoms with E-state index in [0.717, 1.165) is 4.47 Å². The van der Waals surface area contributed by atoms with Crippen LogP contribution in [0.15, 0.2) is 47.1 Å². The highest BCUT2D eigenvalue weighted by molar-refractivity contribution is 9.10. The number of aromatic nitrogens is 1. The van der Waals surface area contributed by atoms with Crippen LogP contribution in [0.25, 0.3) is 0 Å². The largest absolute Gasteiger partial charge is 0.287 e. The van der Waals surface area contributed by atoms with Gasteiger partial charge in [-0.3, -0.25) is 9.78 Å². The fourth-order valence-electron chi connectivity index (χ4n) is 1.68. The van der Waals surface area contributed by atoms with E-state index in [1.165, 1.54) is 5.56 Å². The predicted molar refractivity (Wildman–Crippen MR) is 75.9 cm³/mol. The summed E-state index contributed by atoms with van der Waals surface area (Å²) in [5.74, 6) is 0.428. The second-order valence-electron chi connectivity index (χ2n) is 4.47. The lowest BCUT2D eigenvalue weighted by Crippen LogP contribution is -2.03. The van der Waals surface area contributed by atoms with Gasteiger partial charge in [-0.05, 0) is 39.5 Å². The molecule has 0 aliphatic carbocycles. The molecule has 0 atom stereocenters. The van der Waals surface area contributed by atoms with E-state index in [-0.39, 0.29) is 5.78 Å². The van der Waals surface area contributed by atoms with Crippen LogP contribution in [0.3, 0.4) is 0 Å². The smallest absolute Gasteiger partial charge is 0.211 e. The van der Waals surface area contributed by atoms with Crippen molar-refractivity contribution in [2.75, 3.05) is 0 Å². The number of halogens is 1. The molecule has 1 aromatic heterocycles. The van der Waals surface area contributed by atoms with Gasteiger partial charge in [0, 0.05) is 16.2 Å². The van der Waals surface area contributed by atoms with E-state index in [1.54, 1.807) is 12.3 Å². The molecule has 2 aromatic rings. The molecule has 2 rings (SSSR count). The molecule has 0 amide bonds. The predicted octanol–water partition coefficient (Wildman–Crippen LogP) is 4.20. The van der Waals surface area contributed by atoms with Gasteiger partial charge in [0.05, 0.1) is 0 Å². The number of benzene rings is 1. The Bertz CT molecular complexity index is 544. The SMILES string of the molecule is CC(C)c1ccc(C(=O)c2ccc(Br)cn2)cc1. The maximum atomic E-state index is 12.2. The van der Waals surface area contributed by atoms with Gasteiger partial charge in [0.15, 0.2) is 0 Å². The van der Waals surface area contributed by atoms with Crippen LogP contribution in [0.5, 0.6) is 0 Å². The molecule has 0 unspecified atom stereocenters. The van der Waals surface area contributed by atoms with Gasteiger partial charge in [0.1, 0.15) is 5.69 Å². The van der Waals surface area contributed by atoms with Gasteiger partial charge in [-0.2, -0.15) is 0 Å². The Labute approximate surface area is 115 Å². The normalized spacial score (nSPS) is 10.7. The van der Waals surface area contributed by atoms with Crippen LogP contribution in [-0.2, 0) is 0 Å². The van der Waals surface area contributed by atoms with E-state index >= 15 is 0 Å². The number of nitrogens with zero attached hydrogens (tertiary/aromatic N) is 1. The van der Waals surface area contributed by atoms with Crippen molar-refractivity contribution in [3.05, 3.63) is 63.9 Å². The Kier molecular flexibility index (Phi) is 3.92. The molecule has 0 aliphatic rings. The fraction of sp³-hybridized carbons (Fsp3) is 0.200. The first-order valence-electron chi connectivity index (χ1n) is 5.84. The van der Waals surface area contributed by atoms with Gasteiger partial charge in [0.25, 0.3) is 0 Å². The minimum atomic E-state index is -0.0437. The summed E-state index contributed by atoms with van der Waals surface area (Å²) in [6.07, 6.45) is 1.63. The fourth-order valence-corrected chi connectivity index (χ4v) is 1.91. The number of pyridine rings is 1. The van der Waals surface area contributed by atoms with Crippen LogP contribution >= 0.6 is 15.9 Å². The molecule has 0 saturated heterocycles. The lowest BCUT2D eigenvalue weighted by Gasteiger charge is -2.06. The second-order valence-corrected chi connectivity index (χ2v) is 5.38. The van der Waals surface area contributed by atoms with Gasteiger partial charge < -0.3 is 0 Å². The van der Waals surface area contributed by atoms with Crippen molar-refractivity contribution in [2.24, 2.45) is 0 Å². The van der Waals surface area contributed by atoms with Gasteiger partial charge >= 0.3 is 0 Å². The maximum Gasteiger partial charge on any atom is 0.211 e. The number of hydrogen-bond acceptors (Lipinski definition) is 2. The van der Waals surface area contributed by atoms with Crippen LogP contribution in [-0.4, -0.2) is 10.8 Å². The number of rotatable bonds is 3. The molecule has 3 heteroatoms. The Morgan fingerprint density at radius 1 is 1.11 bits per heavy atom. The molecular weight excluding hydrogens is 290 g/mol. The average Bonchev–Trinajstić information content (AvgIpc) is 2.39. The van der Waals surface area contributed by atoms with Crippen molar-refractivity contribution in [3.63, 3.8) is 0 Å². The highest BCUT2D eigenvalue weighted by Crippen LogP contribution is 2.17. The zero-order valence-electron chi connectivity index (χ0n) is 10.4. The maximum absolute atomic E-state index is 12.2. The molecule has 1 aromatic carbocycles. The van der Waals surface area contributed by atoms with Crippen molar-refractivity contribution in [2.45, 2.75) is 19.8 Å². The highest BCUT2D eigenvalue weighted by atomic mass is 79.9. The summed E-state index contributed by atoms with van der Waals surface area (Å²) in [4.78, 5) is 16.3. The summed E-state index contributed by atoms with van der Waals surface area (Å²) in [6.45, 7) is 4.26. The van der Waals surface area contributed by atoms with Crippen molar-refractivity contribution in [3.8, 4) is 0 Å². The Balaban J connectivity index is 2.26. The van der Waals surface area contributed by atoms with E-state index in [2.05, 4.69) is 34.8 Å². The third-order valence-corrected chi connectivity index (χ3v) is 3.27. The highest BCUT2D eigenvalue weighted by Gasteiger charge is 2.10. The van der Waals surface area contributed by atoms with Crippen LogP contribution in [0.4, 0.5) is 0 Å². The third kappa shape index (κ3) is 2.85. The van der Waals surface area contributed by atoms with Crippen LogP contribution in [0.2, 0.25) is 0 Å². The summed E-state index contributed by atoms with van der Waals surface area (Å²) in [5.41, 5.74) is 2.38. The summed E-state index contributed by atoms with van der Waals surface area (Å²) in [7, 11) is 0. The zero-order valence-corrected chi connectivity index (χ0v) is 11.9. The summed E-state index contributed by atoms with van der Waals surface area (Å²) in [5, 5.41) is 0. The van der Waals surface area contributed by atoms with Gasteiger partial charge in [0.2, 0.25) is 5.78 Å². The second kappa shape index (κ2) is 5.44. The molecular formula is C15H14BrNO. The quantitative estimate of drug-likeness (QED) is 0.796. The van der Waals surface area contributed by atoms with E-state index in [0.29, 0.717) is 17.2 Å². The molecule has 18 heavy (non-hydrogen) atoms. The average molecular weight is 304 g/mol. The molecule has 0 radical (unpaired) electrons. The van der Waals surface area contributed by atoms with E-state index < -0.39 is 0 Å². The van der Waals surface area contributed by atoms with Crippen molar-refractivity contribution in [1.82, 2.24) is 4.98 Å². The topological polar surface area (TPSA) is 30.0 Å². The Morgan fingerprint density at radius 3 is 2.28 bits per heavy atom. The van der Waals surface area contributed by atoms with Crippen molar-refractivity contribution < 1.29 is 4.79 Å². The van der Waals surface area contributed by atoms with E-state index in [4.69, 9.17) is 0 Å². The first kappa shape index (κ1) is 13.0. The zero-order chi connectivity index (χ0) is 13.1. The molecule has 0 spiro atoms. The number of ketones is 1. The van der Waals surface area contributed by atoms with Crippen LogP contribution < -0.4 is 0 Å². The standard InChI is InChI=1S/C15H14BrNO/c1-10(2)11-3-5-12(6-4-11)15(18)14-8-7-13(16)9-17-14/h3-10H,1-2H3. The molecule has 0 N–H and O–H groups in total. The van der Waals surface area contributed by atoms with Gasteiger partial charge in [-0.15, -0.1) is 0 Å². The first-order chi connectivity index (χ1) is 8.58. The summed E-state index contributed by atoms with van der Waals surface area (Å²) >= 11 is 3.30. The molecule has 92 valence electrons. The van der Waals surface area contributed by atoms with Crippen molar-refractivity contribution in [1.29, 1.82) is 0 Å². The number of hydrogen-bond donors (Lipinski definition) is 0. The summed E-state index contributed by atoms with van der Waals surface area (Å²) < 4.78 is 0.870. The van der Waals surface area contributed by atoms with Crippen LogP contribution in [0, 0.1) is 0 Å². The lowest BCUT2D eigenvalue weighted by molar-refractivity contribution is 0.103. The number of carbonyl (C=O) groups excluding carboxylic acids is 1. The van der Waals surface area contributed by atoms with Gasteiger partial charge in [-0.25, -0.2) is 0 Å². The Hall–Kier alpha value is -1.48. The van der Waals surface area contributed by atoms with E-state index in [1.807, 2.05) is 30.3 Å². The molecule has 0 fully saturated rings. The molecule has 0 bridgehead atoms. The lowest BCUT2D eigenvalue weighted by atomic mass is 9.99. The van der Waals surface area contributed by atoms with Crippen LogP contribution in [0.1, 0.15) is 41.4 Å². The third-order valence-electron chi connectivity index (χ3n) is 2.80.